The second-order valence-corrected chi connectivity index (χ2v) is 7.35. The fourth-order valence-corrected chi connectivity index (χ4v) is 2.88. The summed E-state index contributed by atoms with van der Waals surface area (Å²) in [7, 11) is 0. The van der Waals surface area contributed by atoms with Crippen molar-refractivity contribution in [1.29, 1.82) is 0 Å². The lowest BCUT2D eigenvalue weighted by Crippen LogP contribution is -2.44. The first-order valence-corrected chi connectivity index (χ1v) is 9.58. The van der Waals surface area contributed by atoms with Crippen molar-refractivity contribution in [1.82, 2.24) is 20.9 Å². The summed E-state index contributed by atoms with van der Waals surface area (Å²) in [6.07, 6.45) is 3.41. The Kier molecular flexibility index (Phi) is 13.0. The molecule has 0 aromatic carbocycles. The first-order chi connectivity index (χ1) is 11.9. The van der Waals surface area contributed by atoms with Crippen LogP contribution in [0.4, 0.5) is 4.79 Å². The Bertz CT molecular complexity index is 426. The van der Waals surface area contributed by atoms with E-state index in [4.69, 9.17) is 9.73 Å². The van der Waals surface area contributed by atoms with Crippen LogP contribution in [0, 0.1) is 0 Å². The molecule has 1 amide bonds. The molecule has 0 aromatic heterocycles. The molecule has 1 unspecified atom stereocenters. The average Bonchev–Trinajstić information content (AvgIpc) is 2.55. The van der Waals surface area contributed by atoms with Crippen molar-refractivity contribution in [3.8, 4) is 0 Å². The Morgan fingerprint density at radius 2 is 1.85 bits per heavy atom. The molecule has 1 heterocycles. The van der Waals surface area contributed by atoms with Crippen molar-refractivity contribution < 1.29 is 9.53 Å². The number of alkyl carbamates (subject to hydrolysis) is 1. The minimum Gasteiger partial charge on any atom is -0.444 e. The minimum absolute atomic E-state index is 0. The number of aliphatic imine (C=N–C) groups is 1. The molecule has 154 valence electrons. The molecule has 1 fully saturated rings. The fraction of sp³-hybridized carbons (Fsp3) is 0.889. The van der Waals surface area contributed by atoms with Crippen molar-refractivity contribution in [3.05, 3.63) is 0 Å². The van der Waals surface area contributed by atoms with Crippen molar-refractivity contribution in [2.75, 3.05) is 39.3 Å². The average molecular weight is 483 g/mol. The van der Waals surface area contributed by atoms with Gasteiger partial charge >= 0.3 is 6.09 Å². The van der Waals surface area contributed by atoms with E-state index in [1.165, 1.54) is 25.8 Å². The van der Waals surface area contributed by atoms with Gasteiger partial charge in [-0.1, -0.05) is 13.3 Å². The number of hydrogen-bond donors (Lipinski definition) is 3. The summed E-state index contributed by atoms with van der Waals surface area (Å²) < 4.78 is 5.21. The fourth-order valence-electron chi connectivity index (χ4n) is 2.88. The monoisotopic (exact) mass is 483 g/mol. The first-order valence-electron chi connectivity index (χ1n) is 9.58. The van der Waals surface area contributed by atoms with Gasteiger partial charge in [0.2, 0.25) is 0 Å². The van der Waals surface area contributed by atoms with Gasteiger partial charge in [-0.15, -0.1) is 24.0 Å². The molecule has 1 atom stereocenters. The molecule has 0 spiro atoms. The zero-order chi connectivity index (χ0) is 18.7. The van der Waals surface area contributed by atoms with Gasteiger partial charge in [0.15, 0.2) is 5.96 Å². The molecule has 8 heteroatoms. The number of halogens is 1. The molecule has 1 rings (SSSR count). The van der Waals surface area contributed by atoms with E-state index in [1.807, 2.05) is 20.8 Å². The lowest BCUT2D eigenvalue weighted by atomic mass is 10.0. The van der Waals surface area contributed by atoms with Crippen LogP contribution in [-0.2, 0) is 4.74 Å². The first kappa shape index (κ1) is 25.2. The third-order valence-corrected chi connectivity index (χ3v) is 4.05. The van der Waals surface area contributed by atoms with E-state index in [2.05, 4.69) is 34.7 Å². The maximum absolute atomic E-state index is 11.6. The Morgan fingerprint density at radius 1 is 1.15 bits per heavy atom. The Balaban J connectivity index is 0.00000625. The van der Waals surface area contributed by atoms with Gasteiger partial charge < -0.3 is 20.7 Å². The van der Waals surface area contributed by atoms with Crippen LogP contribution in [0.25, 0.3) is 0 Å². The smallest absolute Gasteiger partial charge is 0.407 e. The number of carbonyl (C=O) groups excluding carboxylic acids is 1. The number of rotatable bonds is 7. The van der Waals surface area contributed by atoms with Crippen LogP contribution in [0.1, 0.15) is 53.9 Å². The highest BCUT2D eigenvalue weighted by molar-refractivity contribution is 14.0. The molecule has 1 aliphatic rings. The van der Waals surface area contributed by atoms with E-state index in [9.17, 15) is 4.79 Å². The zero-order valence-electron chi connectivity index (χ0n) is 17.1. The number of likely N-dealkylation sites (N-methyl/N-ethyl adjacent to an activating group) is 1. The number of likely N-dealkylation sites (tertiary alicyclic amines) is 1. The number of piperidine rings is 1. The van der Waals surface area contributed by atoms with E-state index < -0.39 is 11.7 Å². The van der Waals surface area contributed by atoms with Gasteiger partial charge in [0.25, 0.3) is 0 Å². The third-order valence-electron chi connectivity index (χ3n) is 4.05. The van der Waals surface area contributed by atoms with Gasteiger partial charge in [0.05, 0.1) is 6.54 Å². The molecule has 26 heavy (non-hydrogen) atoms. The van der Waals surface area contributed by atoms with Crippen molar-refractivity contribution >= 4 is 36.0 Å². The zero-order valence-corrected chi connectivity index (χ0v) is 19.4. The van der Waals surface area contributed by atoms with Crippen LogP contribution in [0.2, 0.25) is 0 Å². The molecule has 1 saturated heterocycles. The molecular weight excluding hydrogens is 445 g/mol. The van der Waals surface area contributed by atoms with E-state index in [-0.39, 0.29) is 24.0 Å². The quantitative estimate of drug-likeness (QED) is 0.225. The second-order valence-electron chi connectivity index (χ2n) is 7.35. The number of ether oxygens (including phenoxy) is 1. The molecule has 0 saturated carbocycles. The van der Waals surface area contributed by atoms with E-state index in [0.717, 1.165) is 25.6 Å². The predicted octanol–water partition coefficient (Wildman–Crippen LogP) is 2.56. The van der Waals surface area contributed by atoms with Crippen LogP contribution in [0.15, 0.2) is 4.99 Å². The van der Waals surface area contributed by atoms with Gasteiger partial charge in [-0.05, 0) is 53.6 Å². The van der Waals surface area contributed by atoms with Crippen LogP contribution in [0.3, 0.4) is 0 Å². The molecule has 0 radical (unpaired) electrons. The summed E-state index contributed by atoms with van der Waals surface area (Å²) in [4.78, 5) is 18.9. The van der Waals surface area contributed by atoms with Crippen molar-refractivity contribution in [3.63, 3.8) is 0 Å². The normalized spacial score (nSPS) is 18.7. The summed E-state index contributed by atoms with van der Waals surface area (Å²) in [6, 6.07) is 0.536. The number of hydrogen-bond acceptors (Lipinski definition) is 4. The Hall–Kier alpha value is -0.770. The largest absolute Gasteiger partial charge is 0.444 e. The summed E-state index contributed by atoms with van der Waals surface area (Å²) in [5, 5.41) is 9.26. The van der Waals surface area contributed by atoms with E-state index in [0.29, 0.717) is 19.1 Å². The van der Waals surface area contributed by atoms with Crippen molar-refractivity contribution in [2.24, 2.45) is 4.99 Å². The number of nitrogens with zero attached hydrogens (tertiary/aromatic N) is 2. The number of nitrogens with one attached hydrogen (secondary N) is 3. The molecule has 7 nitrogen and oxygen atoms in total. The van der Waals surface area contributed by atoms with Gasteiger partial charge in [-0.25, -0.2) is 4.79 Å². The SMILES string of the molecule is CCNC(=NCC1CCCCN1CC)NCCNC(=O)OC(C)(C)C.I. The highest BCUT2D eigenvalue weighted by atomic mass is 127. The number of amides is 1. The second kappa shape index (κ2) is 13.4. The maximum atomic E-state index is 11.6. The molecule has 0 aliphatic carbocycles. The van der Waals surface area contributed by atoms with E-state index in [1.54, 1.807) is 0 Å². The lowest BCUT2D eigenvalue weighted by molar-refractivity contribution is 0.0529. The van der Waals surface area contributed by atoms with Crippen LogP contribution in [-0.4, -0.2) is 67.9 Å². The summed E-state index contributed by atoms with van der Waals surface area (Å²) in [5.41, 5.74) is -0.473. The van der Waals surface area contributed by atoms with Crippen LogP contribution < -0.4 is 16.0 Å². The number of guanidine groups is 1. The third kappa shape index (κ3) is 11.1. The summed E-state index contributed by atoms with van der Waals surface area (Å²) in [5.74, 6) is 0.801. The number of carbonyl (C=O) groups is 1. The van der Waals surface area contributed by atoms with Crippen LogP contribution in [0.5, 0.6) is 0 Å². The molecule has 0 bridgehead atoms. The molecule has 3 N–H and O–H groups in total. The predicted molar refractivity (Wildman–Crippen MR) is 119 cm³/mol. The van der Waals surface area contributed by atoms with E-state index >= 15 is 0 Å². The van der Waals surface area contributed by atoms with Gasteiger partial charge in [-0.2, -0.15) is 0 Å². The highest BCUT2D eigenvalue weighted by Gasteiger charge is 2.20. The lowest BCUT2D eigenvalue weighted by Gasteiger charge is -2.33. The van der Waals surface area contributed by atoms with Gasteiger partial charge in [-0.3, -0.25) is 9.89 Å². The minimum atomic E-state index is -0.473. The summed E-state index contributed by atoms with van der Waals surface area (Å²) >= 11 is 0. The maximum Gasteiger partial charge on any atom is 0.407 e. The van der Waals surface area contributed by atoms with Gasteiger partial charge in [0, 0.05) is 25.7 Å². The topological polar surface area (TPSA) is 78.0 Å². The summed E-state index contributed by atoms with van der Waals surface area (Å²) in [6.45, 7) is 14.8. The van der Waals surface area contributed by atoms with Crippen molar-refractivity contribution in [2.45, 2.75) is 65.5 Å². The molecule has 0 aromatic rings. The van der Waals surface area contributed by atoms with Gasteiger partial charge in [0.1, 0.15) is 5.60 Å². The highest BCUT2D eigenvalue weighted by Crippen LogP contribution is 2.16. The van der Waals surface area contributed by atoms with Crippen LogP contribution >= 0.6 is 24.0 Å². The Morgan fingerprint density at radius 3 is 2.46 bits per heavy atom. The molecular formula is C18H38IN5O2. The standard InChI is InChI=1S/C18H37N5O2.HI/c1-6-19-16(20-11-12-21-17(24)25-18(3,4)5)22-14-15-10-8-9-13-23(15)7-2;/h15H,6-14H2,1-5H3,(H,21,24)(H2,19,20,22);1H. The molecule has 1 aliphatic heterocycles. The Labute approximate surface area is 176 Å².